The minimum Gasteiger partial charge on any atom is -0.465 e. The summed E-state index contributed by atoms with van der Waals surface area (Å²) >= 11 is 1.30. The summed E-state index contributed by atoms with van der Waals surface area (Å²) in [6, 6.07) is 7.99. The zero-order chi connectivity index (χ0) is 16.4. The summed E-state index contributed by atoms with van der Waals surface area (Å²) in [5.41, 5.74) is 2.60. The van der Waals surface area contributed by atoms with Crippen molar-refractivity contribution in [2.45, 2.75) is 30.7 Å². The minimum absolute atomic E-state index is 0.235. The van der Waals surface area contributed by atoms with Crippen molar-refractivity contribution in [1.82, 2.24) is 19.7 Å². The lowest BCUT2D eigenvalue weighted by atomic mass is 10.2. The Kier molecular flexibility index (Phi) is 4.47. The van der Waals surface area contributed by atoms with Crippen LogP contribution >= 0.6 is 11.8 Å². The molecule has 0 radical (unpaired) electrons. The van der Waals surface area contributed by atoms with E-state index in [0.29, 0.717) is 18.2 Å². The van der Waals surface area contributed by atoms with Gasteiger partial charge in [-0.15, -0.1) is 10.2 Å². The Bertz CT molecular complexity index is 862. The van der Waals surface area contributed by atoms with Crippen LogP contribution in [0.5, 0.6) is 0 Å². The van der Waals surface area contributed by atoms with Crippen LogP contribution in [-0.2, 0) is 16.6 Å². The van der Waals surface area contributed by atoms with Gasteiger partial charge in [-0.25, -0.2) is 4.98 Å². The first-order valence-electron chi connectivity index (χ1n) is 7.56. The molecule has 23 heavy (non-hydrogen) atoms. The molecule has 0 fully saturated rings. The van der Waals surface area contributed by atoms with Gasteiger partial charge >= 0.3 is 5.97 Å². The van der Waals surface area contributed by atoms with Gasteiger partial charge in [0.05, 0.1) is 12.1 Å². The normalized spacial score (nSPS) is 12.7. The number of ether oxygens (including phenoxy) is 1. The van der Waals surface area contributed by atoms with Crippen molar-refractivity contribution < 1.29 is 9.53 Å². The summed E-state index contributed by atoms with van der Waals surface area (Å²) < 4.78 is 7.08. The third kappa shape index (κ3) is 2.88. The number of carbonyl (C=O) groups is 1. The molecule has 0 N–H and O–H groups in total. The van der Waals surface area contributed by atoms with Gasteiger partial charge in [-0.1, -0.05) is 36.9 Å². The third-order valence-electron chi connectivity index (χ3n) is 3.66. The lowest BCUT2D eigenvalue weighted by Crippen LogP contribution is -2.19. The maximum Gasteiger partial charge on any atom is 0.319 e. The second-order valence-electron chi connectivity index (χ2n) is 5.11. The van der Waals surface area contributed by atoms with Gasteiger partial charge in [-0.05, 0) is 19.4 Å². The summed E-state index contributed by atoms with van der Waals surface area (Å²) in [5.74, 6) is -0.235. The van der Waals surface area contributed by atoms with Crippen molar-refractivity contribution in [2.75, 3.05) is 6.61 Å². The number of aromatic nitrogens is 4. The maximum absolute atomic E-state index is 11.9. The Morgan fingerprint density at radius 2 is 2.09 bits per heavy atom. The molecule has 120 valence electrons. The van der Waals surface area contributed by atoms with Crippen LogP contribution in [0.3, 0.4) is 0 Å². The molecule has 0 saturated heterocycles. The fraction of sp³-hybridized carbons (Fsp3) is 0.375. The van der Waals surface area contributed by atoms with Crippen LogP contribution in [0.1, 0.15) is 20.3 Å². The maximum atomic E-state index is 11.9. The molecule has 0 aliphatic carbocycles. The summed E-state index contributed by atoms with van der Waals surface area (Å²) in [4.78, 5) is 16.5. The van der Waals surface area contributed by atoms with E-state index < -0.39 is 0 Å². The standard InChI is InChI=1S/C16H18N4O2S/c1-4-12(15(21)22-5-2)23-16-17-14-13(18-19-16)10-8-6-7-9-11(10)20(14)3/h6-9,12H,4-5H2,1-3H3/t12-/m0/s1. The first-order valence-corrected chi connectivity index (χ1v) is 8.44. The first-order chi connectivity index (χ1) is 11.2. The van der Waals surface area contributed by atoms with Crippen LogP contribution in [0.25, 0.3) is 22.1 Å². The number of rotatable bonds is 5. The fourth-order valence-electron chi connectivity index (χ4n) is 2.50. The van der Waals surface area contributed by atoms with E-state index in [1.165, 1.54) is 11.8 Å². The highest BCUT2D eigenvalue weighted by atomic mass is 32.2. The number of benzene rings is 1. The molecule has 0 amide bonds. The van der Waals surface area contributed by atoms with E-state index in [9.17, 15) is 4.79 Å². The number of aryl methyl sites for hydroxylation is 1. The second-order valence-corrected chi connectivity index (χ2v) is 6.28. The van der Waals surface area contributed by atoms with Crippen molar-refractivity contribution in [2.24, 2.45) is 7.05 Å². The topological polar surface area (TPSA) is 69.9 Å². The lowest BCUT2D eigenvalue weighted by molar-refractivity contribution is -0.142. The number of carbonyl (C=O) groups excluding carboxylic acids is 1. The Labute approximate surface area is 138 Å². The SMILES string of the molecule is CCOC(=O)[C@H](CC)Sc1nnc2c3ccccc3n(C)c2n1. The van der Waals surface area contributed by atoms with E-state index in [1.807, 2.05) is 42.8 Å². The van der Waals surface area contributed by atoms with Gasteiger partial charge in [-0.2, -0.15) is 0 Å². The quantitative estimate of drug-likeness (QED) is 0.529. The van der Waals surface area contributed by atoms with Gasteiger partial charge in [0.15, 0.2) is 5.65 Å². The van der Waals surface area contributed by atoms with Crippen molar-refractivity contribution in [1.29, 1.82) is 0 Å². The smallest absolute Gasteiger partial charge is 0.319 e. The molecule has 2 aromatic heterocycles. The highest BCUT2D eigenvalue weighted by Crippen LogP contribution is 2.28. The van der Waals surface area contributed by atoms with Crippen LogP contribution in [0.4, 0.5) is 0 Å². The van der Waals surface area contributed by atoms with Gasteiger partial charge in [0.25, 0.3) is 0 Å². The number of thioether (sulfide) groups is 1. The summed E-state index contributed by atoms with van der Waals surface area (Å²) in [6.07, 6.45) is 0.653. The highest BCUT2D eigenvalue weighted by Gasteiger charge is 2.22. The molecule has 0 unspecified atom stereocenters. The monoisotopic (exact) mass is 330 g/mol. The van der Waals surface area contributed by atoms with Gasteiger partial charge in [0.1, 0.15) is 10.8 Å². The molecule has 0 saturated carbocycles. The predicted molar refractivity (Wildman–Crippen MR) is 90.4 cm³/mol. The summed E-state index contributed by atoms with van der Waals surface area (Å²) in [7, 11) is 1.95. The number of esters is 1. The summed E-state index contributed by atoms with van der Waals surface area (Å²) in [5, 5.41) is 9.70. The molecule has 3 aromatic rings. The molecule has 1 aromatic carbocycles. The molecular formula is C16H18N4O2S. The minimum atomic E-state index is -0.316. The largest absolute Gasteiger partial charge is 0.465 e. The van der Waals surface area contributed by atoms with E-state index in [2.05, 4.69) is 15.2 Å². The van der Waals surface area contributed by atoms with Gasteiger partial charge in [0.2, 0.25) is 5.16 Å². The molecule has 7 heteroatoms. The molecule has 3 rings (SSSR count). The van der Waals surface area contributed by atoms with Crippen LogP contribution in [0.15, 0.2) is 29.4 Å². The molecule has 0 aliphatic rings. The number of nitrogens with zero attached hydrogens (tertiary/aromatic N) is 4. The van der Waals surface area contributed by atoms with Crippen molar-refractivity contribution in [3.63, 3.8) is 0 Å². The van der Waals surface area contributed by atoms with Crippen LogP contribution < -0.4 is 0 Å². The zero-order valence-corrected chi connectivity index (χ0v) is 14.1. The summed E-state index contributed by atoms with van der Waals surface area (Å²) in [6.45, 7) is 4.11. The first kappa shape index (κ1) is 15.7. The molecule has 0 aliphatic heterocycles. The predicted octanol–water partition coefficient (Wildman–Crippen LogP) is 2.95. The molecular weight excluding hydrogens is 312 g/mol. The average molecular weight is 330 g/mol. The van der Waals surface area contributed by atoms with Gasteiger partial charge in [0, 0.05) is 12.4 Å². The van der Waals surface area contributed by atoms with E-state index in [1.54, 1.807) is 6.92 Å². The number of hydrogen-bond donors (Lipinski definition) is 0. The fourth-order valence-corrected chi connectivity index (χ4v) is 3.32. The van der Waals surface area contributed by atoms with E-state index in [0.717, 1.165) is 22.1 Å². The Hall–Kier alpha value is -2.15. The van der Waals surface area contributed by atoms with E-state index in [-0.39, 0.29) is 11.2 Å². The number of fused-ring (bicyclic) bond motifs is 3. The van der Waals surface area contributed by atoms with Gasteiger partial charge < -0.3 is 9.30 Å². The van der Waals surface area contributed by atoms with E-state index in [4.69, 9.17) is 4.74 Å². The molecule has 0 spiro atoms. The van der Waals surface area contributed by atoms with Crippen molar-refractivity contribution >= 4 is 39.8 Å². The second kappa shape index (κ2) is 6.54. The van der Waals surface area contributed by atoms with E-state index >= 15 is 0 Å². The molecule has 2 heterocycles. The van der Waals surface area contributed by atoms with Crippen LogP contribution in [-0.4, -0.2) is 37.6 Å². The molecule has 6 nitrogen and oxygen atoms in total. The Balaban J connectivity index is 1.98. The van der Waals surface area contributed by atoms with Crippen LogP contribution in [0, 0.1) is 0 Å². The lowest BCUT2D eigenvalue weighted by Gasteiger charge is -2.11. The van der Waals surface area contributed by atoms with Crippen LogP contribution in [0.2, 0.25) is 0 Å². The zero-order valence-electron chi connectivity index (χ0n) is 13.3. The van der Waals surface area contributed by atoms with Gasteiger partial charge in [-0.3, -0.25) is 4.79 Å². The Morgan fingerprint density at radius 3 is 2.83 bits per heavy atom. The average Bonchev–Trinajstić information content (AvgIpc) is 2.86. The van der Waals surface area contributed by atoms with Crippen molar-refractivity contribution in [3.05, 3.63) is 24.3 Å². The number of hydrogen-bond acceptors (Lipinski definition) is 6. The number of para-hydroxylation sites is 1. The molecule has 0 bridgehead atoms. The molecule has 1 atom stereocenters. The highest BCUT2D eigenvalue weighted by molar-refractivity contribution is 8.00. The third-order valence-corrected chi connectivity index (χ3v) is 4.85. The Morgan fingerprint density at radius 1 is 1.30 bits per heavy atom. The van der Waals surface area contributed by atoms with Crippen molar-refractivity contribution in [3.8, 4) is 0 Å².